The van der Waals surface area contributed by atoms with E-state index in [0.717, 1.165) is 44.3 Å². The Morgan fingerprint density at radius 1 is 1.11 bits per heavy atom. The van der Waals surface area contributed by atoms with Crippen molar-refractivity contribution in [2.24, 2.45) is 0 Å². The molecule has 5 aromatic rings. The topological polar surface area (TPSA) is 55.1 Å². The van der Waals surface area contributed by atoms with E-state index >= 15 is 0 Å². The molecule has 1 atom stereocenters. The number of hydrogen-bond acceptors (Lipinski definition) is 3. The Morgan fingerprint density at radius 3 is 2.53 bits per heavy atom. The van der Waals surface area contributed by atoms with E-state index in [9.17, 15) is 18.3 Å². The largest absolute Gasteiger partial charge is 0.497 e. The minimum Gasteiger partial charge on any atom is -0.497 e. The number of alkyl halides is 3. The maximum Gasteiger partial charge on any atom is 0.417 e. The summed E-state index contributed by atoms with van der Waals surface area (Å²) in [5, 5.41) is 12.0. The van der Waals surface area contributed by atoms with Crippen LogP contribution in [0.5, 0.6) is 11.6 Å². The lowest BCUT2D eigenvalue weighted by Gasteiger charge is -2.26. The second-order valence-electron chi connectivity index (χ2n) is 8.98. The van der Waals surface area contributed by atoms with E-state index in [1.807, 2.05) is 42.5 Å². The standard InChI is InChI=1S/C27H18BrClF3N3O2S/c1-37-16-6-2-13(3-7-16)24-23-18(17-10-14(28)4-9-21(17)33-23)12-22-25(36)34(26(38)35(22)24)15-5-8-20(29)19(11-15)27(30,31)32/h2-11,24,33,36H,12H2,1H3. The highest BCUT2D eigenvalue weighted by molar-refractivity contribution is 9.10. The molecule has 38 heavy (non-hydrogen) atoms. The number of methoxy groups -OCH3 is 1. The number of halogens is 5. The summed E-state index contributed by atoms with van der Waals surface area (Å²) in [6.07, 6.45) is -4.35. The molecular weight excluding hydrogens is 603 g/mol. The van der Waals surface area contributed by atoms with Gasteiger partial charge >= 0.3 is 6.18 Å². The highest BCUT2D eigenvalue weighted by Gasteiger charge is 2.36. The van der Waals surface area contributed by atoms with E-state index in [4.69, 9.17) is 28.6 Å². The molecule has 0 bridgehead atoms. The van der Waals surface area contributed by atoms with Gasteiger partial charge in [-0.05, 0) is 71.9 Å². The molecule has 3 aromatic carbocycles. The third kappa shape index (κ3) is 3.85. The van der Waals surface area contributed by atoms with Crippen LogP contribution in [0.25, 0.3) is 16.6 Å². The van der Waals surface area contributed by atoms with Gasteiger partial charge in [-0.15, -0.1) is 0 Å². The fraction of sp³-hybridized carbons (Fsp3) is 0.148. The summed E-state index contributed by atoms with van der Waals surface area (Å²) in [7, 11) is 1.58. The first kappa shape index (κ1) is 25.1. The molecule has 5 nitrogen and oxygen atoms in total. The molecule has 1 unspecified atom stereocenters. The highest BCUT2D eigenvalue weighted by Crippen LogP contribution is 2.45. The van der Waals surface area contributed by atoms with Crippen molar-refractivity contribution in [3.8, 4) is 17.3 Å². The molecule has 0 amide bonds. The quantitative estimate of drug-likeness (QED) is 0.196. The van der Waals surface area contributed by atoms with Crippen LogP contribution in [0.4, 0.5) is 13.2 Å². The van der Waals surface area contributed by atoms with Gasteiger partial charge in [-0.2, -0.15) is 13.2 Å². The predicted molar refractivity (Wildman–Crippen MR) is 145 cm³/mol. The number of ether oxygens (including phenoxy) is 1. The second-order valence-corrected chi connectivity index (χ2v) is 10.7. The lowest BCUT2D eigenvalue weighted by molar-refractivity contribution is -0.137. The van der Waals surface area contributed by atoms with Crippen LogP contribution >= 0.6 is 39.7 Å². The lowest BCUT2D eigenvalue weighted by Crippen LogP contribution is -2.21. The van der Waals surface area contributed by atoms with Crippen molar-refractivity contribution < 1.29 is 23.0 Å². The molecule has 1 aliphatic heterocycles. The number of H-pyrrole nitrogens is 1. The normalized spacial score (nSPS) is 14.9. The van der Waals surface area contributed by atoms with Gasteiger partial charge in [-0.3, -0.25) is 4.57 Å². The molecule has 2 aromatic heterocycles. The van der Waals surface area contributed by atoms with Crippen molar-refractivity contribution in [1.29, 1.82) is 0 Å². The molecule has 0 saturated heterocycles. The lowest BCUT2D eigenvalue weighted by atomic mass is 9.93. The molecule has 6 rings (SSSR count). The van der Waals surface area contributed by atoms with Crippen molar-refractivity contribution in [3.05, 3.63) is 103 Å². The molecule has 3 heterocycles. The van der Waals surface area contributed by atoms with E-state index in [0.29, 0.717) is 17.9 Å². The molecule has 0 aliphatic carbocycles. The zero-order valence-electron chi connectivity index (χ0n) is 19.6. The molecule has 2 N–H and O–H groups in total. The van der Waals surface area contributed by atoms with Crippen LogP contribution in [0.1, 0.15) is 34.1 Å². The van der Waals surface area contributed by atoms with Gasteiger partial charge < -0.3 is 19.4 Å². The van der Waals surface area contributed by atoms with Crippen LogP contribution in [-0.4, -0.2) is 26.3 Å². The molecule has 11 heteroatoms. The number of aromatic hydroxyl groups is 1. The van der Waals surface area contributed by atoms with Gasteiger partial charge in [-0.25, -0.2) is 0 Å². The first-order chi connectivity index (χ1) is 18.1. The van der Waals surface area contributed by atoms with Crippen molar-refractivity contribution in [3.63, 3.8) is 0 Å². The monoisotopic (exact) mass is 619 g/mol. The maximum atomic E-state index is 13.6. The van der Waals surface area contributed by atoms with Crippen molar-refractivity contribution in [2.75, 3.05) is 7.11 Å². The number of nitrogens with zero attached hydrogens (tertiary/aromatic N) is 2. The molecule has 0 radical (unpaired) electrons. The summed E-state index contributed by atoms with van der Waals surface area (Å²) in [6.45, 7) is 0. The Labute approximate surface area is 233 Å². The molecule has 194 valence electrons. The van der Waals surface area contributed by atoms with Gasteiger partial charge in [0, 0.05) is 27.5 Å². The number of fused-ring (bicyclic) bond motifs is 4. The Morgan fingerprint density at radius 2 is 1.84 bits per heavy atom. The van der Waals surface area contributed by atoms with Gasteiger partial charge in [0.2, 0.25) is 5.88 Å². The fourth-order valence-electron chi connectivity index (χ4n) is 5.15. The van der Waals surface area contributed by atoms with E-state index in [-0.39, 0.29) is 16.3 Å². The fourth-order valence-corrected chi connectivity index (χ4v) is 6.14. The summed E-state index contributed by atoms with van der Waals surface area (Å²) in [5.74, 6) is 0.453. The van der Waals surface area contributed by atoms with Crippen molar-refractivity contribution in [2.45, 2.75) is 18.6 Å². The third-order valence-corrected chi connectivity index (χ3v) is 8.08. The first-order valence-corrected chi connectivity index (χ1v) is 13.0. The van der Waals surface area contributed by atoms with Gasteiger partial charge in [0.05, 0.1) is 29.1 Å². The van der Waals surface area contributed by atoms with Crippen molar-refractivity contribution in [1.82, 2.24) is 14.1 Å². The van der Waals surface area contributed by atoms with Gasteiger partial charge in [-0.1, -0.05) is 39.7 Å². The number of aromatic amines is 1. The number of hydrogen-bond donors (Lipinski definition) is 2. The van der Waals surface area contributed by atoms with Crippen LogP contribution in [0.15, 0.2) is 65.1 Å². The Kier molecular flexibility index (Phi) is 5.89. The van der Waals surface area contributed by atoms with Crippen LogP contribution in [0.3, 0.4) is 0 Å². The van der Waals surface area contributed by atoms with E-state index in [1.165, 1.54) is 10.6 Å². The van der Waals surface area contributed by atoms with Crippen LogP contribution < -0.4 is 4.74 Å². The Balaban J connectivity index is 1.62. The van der Waals surface area contributed by atoms with Crippen LogP contribution in [0.2, 0.25) is 5.02 Å². The Bertz CT molecular complexity index is 1790. The predicted octanol–water partition coefficient (Wildman–Crippen LogP) is 8.18. The number of rotatable bonds is 3. The molecular formula is C27H18BrClF3N3O2S. The summed E-state index contributed by atoms with van der Waals surface area (Å²) < 4.78 is 50.3. The highest BCUT2D eigenvalue weighted by atomic mass is 79.9. The number of benzene rings is 3. The molecule has 0 fully saturated rings. The van der Waals surface area contributed by atoms with Gasteiger partial charge in [0.25, 0.3) is 0 Å². The average molecular weight is 621 g/mol. The number of imidazole rings is 1. The SMILES string of the molecule is COc1ccc(C2c3[nH]c4ccc(Br)cc4c3Cc3c(O)n(-c4ccc(Cl)c(C(F)(F)F)c4)c(=S)n32)cc1. The van der Waals surface area contributed by atoms with Gasteiger partial charge in [0.15, 0.2) is 4.77 Å². The molecule has 0 spiro atoms. The summed E-state index contributed by atoms with van der Waals surface area (Å²) in [6, 6.07) is 16.4. The first-order valence-electron chi connectivity index (χ1n) is 11.4. The summed E-state index contributed by atoms with van der Waals surface area (Å²) in [4.78, 5) is 3.52. The zero-order chi connectivity index (χ0) is 26.9. The molecule has 0 saturated carbocycles. The summed E-state index contributed by atoms with van der Waals surface area (Å²) in [5.41, 5.74) is 3.19. The van der Waals surface area contributed by atoms with Crippen LogP contribution in [-0.2, 0) is 12.6 Å². The van der Waals surface area contributed by atoms with E-state index < -0.39 is 22.8 Å². The third-order valence-electron chi connectivity index (χ3n) is 6.88. The smallest absolute Gasteiger partial charge is 0.417 e. The molecule has 1 aliphatic rings. The summed E-state index contributed by atoms with van der Waals surface area (Å²) >= 11 is 15.2. The van der Waals surface area contributed by atoms with Gasteiger partial charge in [0.1, 0.15) is 11.8 Å². The average Bonchev–Trinajstić information content (AvgIpc) is 3.36. The second kappa shape index (κ2) is 8.93. The number of nitrogens with one attached hydrogen (secondary N) is 1. The zero-order valence-corrected chi connectivity index (χ0v) is 22.8. The number of aromatic nitrogens is 3. The minimum atomic E-state index is -4.67. The Hall–Kier alpha value is -3.21. The van der Waals surface area contributed by atoms with Crippen LogP contribution in [0, 0.1) is 4.77 Å². The van der Waals surface area contributed by atoms with E-state index in [1.54, 1.807) is 11.7 Å². The maximum absolute atomic E-state index is 13.6. The van der Waals surface area contributed by atoms with E-state index in [2.05, 4.69) is 20.9 Å². The minimum absolute atomic E-state index is 0.0656. The van der Waals surface area contributed by atoms with Crippen molar-refractivity contribution >= 4 is 50.7 Å².